The van der Waals surface area contributed by atoms with Gasteiger partial charge >= 0.3 is 0 Å². The van der Waals surface area contributed by atoms with Crippen LogP contribution in [0.15, 0.2) is 40.7 Å². The van der Waals surface area contributed by atoms with E-state index in [1.165, 1.54) is 16.8 Å². The van der Waals surface area contributed by atoms with Crippen LogP contribution in [0.3, 0.4) is 0 Å². The molecule has 0 amide bonds. The fourth-order valence-electron chi connectivity index (χ4n) is 1.95. The molecule has 1 aliphatic carbocycles. The van der Waals surface area contributed by atoms with Gasteiger partial charge in [0.1, 0.15) is 13.7 Å². The summed E-state index contributed by atoms with van der Waals surface area (Å²) in [6, 6.07) is 4.57. The standard InChI is InChI=1S/C13H6BF2NO.C6H14O2/c14-10-2-1-7-3-4-17(9-5-8(15)6-9)13(18)11(7)12(10)16;1-5(2,7)6(3,4)8/h1-4H,5H2;7-8H,1-4H3. The van der Waals surface area contributed by atoms with Crippen LogP contribution in [-0.2, 0) is 0 Å². The second-order valence-corrected chi connectivity index (χ2v) is 7.20. The number of hydrogen-bond donors (Lipinski definition) is 2. The molecule has 0 aliphatic heterocycles. The van der Waals surface area contributed by atoms with Crippen LogP contribution in [0.2, 0.25) is 0 Å². The van der Waals surface area contributed by atoms with Crippen LogP contribution in [0.25, 0.3) is 16.5 Å². The highest BCUT2D eigenvalue weighted by atomic mass is 19.1. The van der Waals surface area contributed by atoms with E-state index in [9.17, 15) is 13.6 Å². The maximum absolute atomic E-state index is 13.9. The molecule has 0 saturated heterocycles. The van der Waals surface area contributed by atoms with Crippen LogP contribution in [-0.4, -0.2) is 33.8 Å². The highest BCUT2D eigenvalue weighted by Gasteiger charge is 2.31. The van der Waals surface area contributed by atoms with Gasteiger partial charge in [-0.25, -0.2) is 8.78 Å². The fraction of sp³-hybridized carbons (Fsp3) is 0.368. The van der Waals surface area contributed by atoms with Crippen molar-refractivity contribution in [3.8, 4) is 0 Å². The van der Waals surface area contributed by atoms with Crippen molar-refractivity contribution in [2.45, 2.75) is 45.3 Å². The molecule has 1 heterocycles. The van der Waals surface area contributed by atoms with Gasteiger partial charge in [-0.3, -0.25) is 9.36 Å². The molecule has 1 aromatic heterocycles. The van der Waals surface area contributed by atoms with Crippen molar-refractivity contribution in [1.82, 2.24) is 4.57 Å². The summed E-state index contributed by atoms with van der Waals surface area (Å²) in [6.07, 6.45) is 1.52. The van der Waals surface area contributed by atoms with Crippen molar-refractivity contribution < 1.29 is 19.0 Å². The predicted molar refractivity (Wildman–Crippen MR) is 98.6 cm³/mol. The number of aliphatic hydroxyl groups is 2. The molecule has 7 heteroatoms. The zero-order valence-electron chi connectivity index (χ0n) is 15.1. The zero-order chi connectivity index (χ0) is 19.9. The molecule has 0 atom stereocenters. The van der Waals surface area contributed by atoms with Crippen LogP contribution in [0.4, 0.5) is 8.78 Å². The summed E-state index contributed by atoms with van der Waals surface area (Å²) in [5.41, 5.74) is 0.120. The molecule has 2 aromatic rings. The van der Waals surface area contributed by atoms with Crippen LogP contribution in [0.1, 0.15) is 34.1 Å². The zero-order valence-corrected chi connectivity index (χ0v) is 15.1. The molecule has 3 rings (SSSR count). The van der Waals surface area contributed by atoms with E-state index in [1.54, 1.807) is 39.8 Å². The van der Waals surface area contributed by atoms with E-state index in [4.69, 9.17) is 18.1 Å². The minimum Gasteiger partial charge on any atom is -0.387 e. The summed E-state index contributed by atoms with van der Waals surface area (Å²) in [5, 5.41) is 18.6. The van der Waals surface area contributed by atoms with Crippen molar-refractivity contribution in [2.24, 2.45) is 0 Å². The first-order valence-corrected chi connectivity index (χ1v) is 8.01. The predicted octanol–water partition coefficient (Wildman–Crippen LogP) is 2.16. The molecule has 0 fully saturated rings. The summed E-state index contributed by atoms with van der Waals surface area (Å²) in [5.74, 6) is -1.15. The highest BCUT2D eigenvalue weighted by Crippen LogP contribution is 2.24. The molecular formula is C19H20BF2NO3. The van der Waals surface area contributed by atoms with E-state index in [0.717, 1.165) is 0 Å². The molecule has 0 unspecified atom stereocenters. The SMILES string of the molecule is CC(C)(O)C(C)(C)O.[B]c1ccc2ccn(C3=C=C(F)C3)c(=O)c2c1F. The number of rotatable bonds is 2. The second kappa shape index (κ2) is 6.84. The molecule has 0 saturated carbocycles. The normalized spacial score (nSPS) is 14.2. The molecule has 2 radical (unpaired) electrons. The van der Waals surface area contributed by atoms with Crippen LogP contribution in [0, 0.1) is 5.82 Å². The van der Waals surface area contributed by atoms with Gasteiger partial charge in [0.2, 0.25) is 0 Å². The molecule has 26 heavy (non-hydrogen) atoms. The van der Waals surface area contributed by atoms with Gasteiger partial charge < -0.3 is 10.2 Å². The van der Waals surface area contributed by atoms with Crippen molar-refractivity contribution in [3.63, 3.8) is 0 Å². The van der Waals surface area contributed by atoms with Crippen molar-refractivity contribution >= 4 is 29.8 Å². The molecule has 2 N–H and O–H groups in total. The lowest BCUT2D eigenvalue weighted by atomic mass is 9.90. The Balaban J connectivity index is 0.000000260. The number of pyridine rings is 1. The summed E-state index contributed by atoms with van der Waals surface area (Å²) >= 11 is 0. The Bertz CT molecular complexity index is 963. The van der Waals surface area contributed by atoms with E-state index in [1.807, 2.05) is 0 Å². The lowest BCUT2D eigenvalue weighted by Crippen LogP contribution is -2.44. The molecule has 4 nitrogen and oxygen atoms in total. The Morgan fingerprint density at radius 3 is 2.12 bits per heavy atom. The Kier molecular flexibility index (Phi) is 5.29. The number of allylic oxidation sites excluding steroid dienone is 1. The van der Waals surface area contributed by atoms with E-state index in [2.05, 4.69) is 5.73 Å². The number of fused-ring (bicyclic) bond motifs is 1. The first-order chi connectivity index (χ1) is 11.8. The van der Waals surface area contributed by atoms with E-state index < -0.39 is 28.4 Å². The highest BCUT2D eigenvalue weighted by molar-refractivity contribution is 6.33. The molecule has 0 bridgehead atoms. The largest absolute Gasteiger partial charge is 0.387 e. The summed E-state index contributed by atoms with van der Waals surface area (Å²) in [6.45, 7) is 6.31. The summed E-state index contributed by atoms with van der Waals surface area (Å²) in [4.78, 5) is 12.1. The van der Waals surface area contributed by atoms with Gasteiger partial charge in [0, 0.05) is 6.20 Å². The van der Waals surface area contributed by atoms with E-state index in [-0.39, 0.29) is 17.3 Å². The average molecular weight is 359 g/mol. The van der Waals surface area contributed by atoms with E-state index in [0.29, 0.717) is 11.1 Å². The van der Waals surface area contributed by atoms with Crippen LogP contribution >= 0.6 is 0 Å². The first-order valence-electron chi connectivity index (χ1n) is 8.01. The average Bonchev–Trinajstić information content (AvgIpc) is 2.47. The van der Waals surface area contributed by atoms with Gasteiger partial charge in [0.25, 0.3) is 5.56 Å². The second-order valence-electron chi connectivity index (χ2n) is 7.20. The number of hydrogen-bond acceptors (Lipinski definition) is 3. The Labute approximate surface area is 151 Å². The third kappa shape index (κ3) is 3.96. The summed E-state index contributed by atoms with van der Waals surface area (Å²) < 4.78 is 27.7. The fourth-order valence-corrected chi connectivity index (χ4v) is 1.95. The van der Waals surface area contributed by atoms with Crippen molar-refractivity contribution in [2.75, 3.05) is 0 Å². The van der Waals surface area contributed by atoms with Crippen LogP contribution in [0.5, 0.6) is 0 Å². The number of benzene rings is 1. The van der Waals surface area contributed by atoms with Gasteiger partial charge in [-0.2, -0.15) is 0 Å². The van der Waals surface area contributed by atoms with Gasteiger partial charge in [0.05, 0.1) is 28.7 Å². The maximum Gasteiger partial charge on any atom is 0.266 e. The minimum atomic E-state index is -1.01. The number of aromatic nitrogens is 1. The third-order valence-electron chi connectivity index (χ3n) is 4.43. The van der Waals surface area contributed by atoms with Gasteiger partial charge in [-0.15, -0.1) is 0 Å². The van der Waals surface area contributed by atoms with E-state index >= 15 is 0 Å². The van der Waals surface area contributed by atoms with Gasteiger partial charge in [-0.1, -0.05) is 23.3 Å². The lowest BCUT2D eigenvalue weighted by molar-refractivity contribution is -0.107. The topological polar surface area (TPSA) is 62.5 Å². The maximum atomic E-state index is 13.9. The Morgan fingerprint density at radius 1 is 1.12 bits per heavy atom. The molecule has 136 valence electrons. The monoisotopic (exact) mass is 359 g/mol. The van der Waals surface area contributed by atoms with Gasteiger partial charge in [-0.05, 0) is 39.1 Å². The Hall–Kier alpha value is -2.21. The molecule has 0 spiro atoms. The Morgan fingerprint density at radius 2 is 1.65 bits per heavy atom. The number of halogens is 2. The summed E-state index contributed by atoms with van der Waals surface area (Å²) in [7, 11) is 5.44. The molecule has 1 aromatic carbocycles. The quantitative estimate of drug-likeness (QED) is 0.638. The third-order valence-corrected chi connectivity index (χ3v) is 4.43. The van der Waals surface area contributed by atoms with Gasteiger partial charge in [0.15, 0.2) is 5.83 Å². The van der Waals surface area contributed by atoms with Crippen molar-refractivity contribution in [3.05, 3.63) is 52.1 Å². The lowest BCUT2D eigenvalue weighted by Gasteiger charge is -2.31. The molecule has 1 aliphatic rings. The number of nitrogens with zero attached hydrogens (tertiary/aromatic N) is 1. The smallest absolute Gasteiger partial charge is 0.266 e. The minimum absolute atomic E-state index is 0.0371. The molecular weight excluding hydrogens is 339 g/mol. The van der Waals surface area contributed by atoms with Crippen LogP contribution < -0.4 is 11.0 Å². The first kappa shape index (κ1) is 20.1. The van der Waals surface area contributed by atoms with Crippen molar-refractivity contribution in [1.29, 1.82) is 0 Å².